The van der Waals surface area contributed by atoms with Gasteiger partial charge in [-0.3, -0.25) is 0 Å². The number of rotatable bonds is 5. The predicted molar refractivity (Wildman–Crippen MR) is 81.7 cm³/mol. The number of carbonyl (C=O) groups is 1. The highest BCUT2D eigenvalue weighted by Crippen LogP contribution is 2.37. The van der Waals surface area contributed by atoms with Crippen molar-refractivity contribution in [1.82, 2.24) is 4.90 Å². The predicted octanol–water partition coefficient (Wildman–Crippen LogP) is 2.61. The summed E-state index contributed by atoms with van der Waals surface area (Å²) in [4.78, 5) is 15.8. The van der Waals surface area contributed by atoms with Crippen LogP contribution in [-0.4, -0.2) is 49.2 Å². The number of hydrogen-bond acceptors (Lipinski definition) is 3. The van der Waals surface area contributed by atoms with Gasteiger partial charge in [0, 0.05) is 19.1 Å². The third kappa shape index (κ3) is 2.66. The first kappa shape index (κ1) is 14.9. The first-order valence-corrected chi connectivity index (χ1v) is 7.08. The molecule has 0 aromatic heterocycles. The number of aryl methyl sites for hydroxylation is 1. The fourth-order valence-corrected chi connectivity index (χ4v) is 3.01. The highest BCUT2D eigenvalue weighted by molar-refractivity contribution is 5.94. The van der Waals surface area contributed by atoms with Crippen LogP contribution in [0.25, 0.3) is 0 Å². The highest BCUT2D eigenvalue weighted by atomic mass is 16.4. The molecule has 4 heteroatoms. The van der Waals surface area contributed by atoms with Gasteiger partial charge in [-0.15, -0.1) is 0 Å². The molecule has 0 atom stereocenters. The van der Waals surface area contributed by atoms with Crippen LogP contribution in [-0.2, 0) is 0 Å². The van der Waals surface area contributed by atoms with Gasteiger partial charge in [0.1, 0.15) is 0 Å². The molecule has 20 heavy (non-hydrogen) atoms. The standard InChI is InChI=1S/C16H24N2O2/c1-12-6-7-14(13(10-12)15(19)20)18(4)11-16(17(2)3)8-5-9-16/h6-7,10H,5,8-9,11H2,1-4H3,(H,19,20). The number of hydrogen-bond donors (Lipinski definition) is 1. The Bertz CT molecular complexity index is 507. The second-order valence-electron chi connectivity index (χ2n) is 6.15. The Balaban J connectivity index is 2.25. The Labute approximate surface area is 121 Å². The van der Waals surface area contributed by atoms with Crippen molar-refractivity contribution in [3.63, 3.8) is 0 Å². The molecular formula is C16H24N2O2. The molecule has 1 fully saturated rings. The van der Waals surface area contributed by atoms with E-state index in [4.69, 9.17) is 0 Å². The second kappa shape index (κ2) is 5.44. The zero-order chi connectivity index (χ0) is 14.9. The van der Waals surface area contributed by atoms with Crippen LogP contribution in [0.1, 0.15) is 35.2 Å². The lowest BCUT2D eigenvalue weighted by Crippen LogP contribution is -2.56. The van der Waals surface area contributed by atoms with E-state index in [1.54, 1.807) is 6.07 Å². The minimum atomic E-state index is -0.858. The highest BCUT2D eigenvalue weighted by Gasteiger charge is 2.40. The van der Waals surface area contributed by atoms with Gasteiger partial charge in [0.05, 0.1) is 11.3 Å². The van der Waals surface area contributed by atoms with Crippen LogP contribution in [0.5, 0.6) is 0 Å². The van der Waals surface area contributed by atoms with E-state index in [0.717, 1.165) is 17.8 Å². The third-order valence-corrected chi connectivity index (χ3v) is 4.56. The number of nitrogens with zero attached hydrogens (tertiary/aromatic N) is 2. The minimum Gasteiger partial charge on any atom is -0.478 e. The summed E-state index contributed by atoms with van der Waals surface area (Å²) in [5, 5.41) is 9.38. The maximum atomic E-state index is 11.4. The largest absolute Gasteiger partial charge is 0.478 e. The third-order valence-electron chi connectivity index (χ3n) is 4.56. The molecule has 110 valence electrons. The Morgan fingerprint density at radius 3 is 2.40 bits per heavy atom. The first-order chi connectivity index (χ1) is 9.35. The van der Waals surface area contributed by atoms with E-state index in [-0.39, 0.29) is 5.54 Å². The molecule has 0 spiro atoms. The number of anilines is 1. The summed E-state index contributed by atoms with van der Waals surface area (Å²) < 4.78 is 0. The van der Waals surface area contributed by atoms with Gasteiger partial charge in [0.15, 0.2) is 0 Å². The van der Waals surface area contributed by atoms with Crippen molar-refractivity contribution in [3.05, 3.63) is 29.3 Å². The average molecular weight is 276 g/mol. The van der Waals surface area contributed by atoms with Crippen LogP contribution in [0.3, 0.4) is 0 Å². The van der Waals surface area contributed by atoms with E-state index in [0.29, 0.717) is 5.56 Å². The van der Waals surface area contributed by atoms with Crippen LogP contribution in [0.2, 0.25) is 0 Å². The van der Waals surface area contributed by atoms with Gasteiger partial charge in [0.2, 0.25) is 0 Å². The summed E-state index contributed by atoms with van der Waals surface area (Å²) in [6.07, 6.45) is 3.61. The molecule has 1 aliphatic carbocycles. The van der Waals surface area contributed by atoms with Gasteiger partial charge in [-0.05, 0) is 52.4 Å². The van der Waals surface area contributed by atoms with Gasteiger partial charge in [-0.25, -0.2) is 4.79 Å². The lowest BCUT2D eigenvalue weighted by atomic mass is 9.75. The Morgan fingerprint density at radius 2 is 1.95 bits per heavy atom. The molecule has 1 aromatic carbocycles. The van der Waals surface area contributed by atoms with Crippen molar-refractivity contribution < 1.29 is 9.90 Å². The lowest BCUT2D eigenvalue weighted by molar-refractivity contribution is 0.0670. The van der Waals surface area contributed by atoms with Crippen molar-refractivity contribution in [1.29, 1.82) is 0 Å². The summed E-state index contributed by atoms with van der Waals surface area (Å²) in [7, 11) is 6.21. The van der Waals surface area contributed by atoms with Crippen molar-refractivity contribution in [2.24, 2.45) is 0 Å². The number of benzene rings is 1. The van der Waals surface area contributed by atoms with Gasteiger partial charge in [-0.2, -0.15) is 0 Å². The molecule has 0 unspecified atom stereocenters. The topological polar surface area (TPSA) is 43.8 Å². The summed E-state index contributed by atoms with van der Waals surface area (Å²) in [6.45, 7) is 2.78. The SMILES string of the molecule is Cc1ccc(N(C)CC2(N(C)C)CCC2)c(C(=O)O)c1. The van der Waals surface area contributed by atoms with E-state index < -0.39 is 5.97 Å². The maximum absolute atomic E-state index is 11.4. The van der Waals surface area contributed by atoms with Crippen LogP contribution >= 0.6 is 0 Å². The molecule has 2 rings (SSSR count). The zero-order valence-corrected chi connectivity index (χ0v) is 12.8. The minimum absolute atomic E-state index is 0.190. The number of carboxylic acids is 1. The van der Waals surface area contributed by atoms with Crippen LogP contribution in [0.15, 0.2) is 18.2 Å². The van der Waals surface area contributed by atoms with Gasteiger partial charge in [0.25, 0.3) is 0 Å². The molecule has 1 aliphatic rings. The van der Waals surface area contributed by atoms with Crippen LogP contribution < -0.4 is 4.90 Å². The fraction of sp³-hybridized carbons (Fsp3) is 0.562. The maximum Gasteiger partial charge on any atom is 0.337 e. The van der Waals surface area contributed by atoms with Gasteiger partial charge in [-0.1, -0.05) is 11.6 Å². The zero-order valence-electron chi connectivity index (χ0n) is 12.8. The Kier molecular flexibility index (Phi) is 4.04. The molecule has 0 heterocycles. The molecule has 4 nitrogen and oxygen atoms in total. The van der Waals surface area contributed by atoms with E-state index in [9.17, 15) is 9.90 Å². The van der Waals surface area contributed by atoms with E-state index in [2.05, 4.69) is 23.9 Å². The lowest BCUT2D eigenvalue weighted by Gasteiger charge is -2.49. The normalized spacial score (nSPS) is 16.9. The summed E-state index contributed by atoms with van der Waals surface area (Å²) in [6, 6.07) is 5.64. The molecule has 1 N–H and O–H groups in total. The quantitative estimate of drug-likeness (QED) is 0.898. The molecule has 0 bridgehead atoms. The first-order valence-electron chi connectivity index (χ1n) is 7.08. The molecule has 0 amide bonds. The molecule has 0 saturated heterocycles. The summed E-state index contributed by atoms with van der Waals surface area (Å²) >= 11 is 0. The van der Waals surface area contributed by atoms with Crippen molar-refractivity contribution >= 4 is 11.7 Å². The second-order valence-corrected chi connectivity index (χ2v) is 6.15. The van der Waals surface area contributed by atoms with E-state index in [1.165, 1.54) is 19.3 Å². The molecule has 0 radical (unpaired) electrons. The van der Waals surface area contributed by atoms with Gasteiger partial charge >= 0.3 is 5.97 Å². The van der Waals surface area contributed by atoms with E-state index >= 15 is 0 Å². The molecular weight excluding hydrogens is 252 g/mol. The van der Waals surface area contributed by atoms with Crippen LogP contribution in [0.4, 0.5) is 5.69 Å². The Hall–Kier alpha value is -1.55. The average Bonchev–Trinajstić information content (AvgIpc) is 2.32. The smallest absolute Gasteiger partial charge is 0.337 e. The summed E-state index contributed by atoms with van der Waals surface area (Å²) in [5.41, 5.74) is 2.36. The number of likely N-dealkylation sites (N-methyl/N-ethyl adjacent to an activating group) is 2. The van der Waals surface area contributed by atoms with Crippen molar-refractivity contribution in [3.8, 4) is 0 Å². The monoisotopic (exact) mass is 276 g/mol. The molecule has 0 aliphatic heterocycles. The summed E-state index contributed by atoms with van der Waals surface area (Å²) in [5.74, 6) is -0.858. The van der Waals surface area contributed by atoms with Gasteiger partial charge < -0.3 is 14.9 Å². The number of carboxylic acid groups (broad SMARTS) is 1. The number of aromatic carboxylic acids is 1. The fourth-order valence-electron chi connectivity index (χ4n) is 3.01. The van der Waals surface area contributed by atoms with E-state index in [1.807, 2.05) is 26.1 Å². The van der Waals surface area contributed by atoms with Crippen molar-refractivity contribution in [2.45, 2.75) is 31.7 Å². The van der Waals surface area contributed by atoms with Crippen LogP contribution in [0, 0.1) is 6.92 Å². The Morgan fingerprint density at radius 1 is 1.30 bits per heavy atom. The van der Waals surface area contributed by atoms with Crippen molar-refractivity contribution in [2.75, 3.05) is 32.6 Å². The molecule has 1 saturated carbocycles. The molecule has 1 aromatic rings.